The molecule has 0 aromatic heterocycles. The fraction of sp³-hybridized carbons (Fsp3) is 0.364. The number of nitrogens with zero attached hydrogens (tertiary/aromatic N) is 1. The standard InChI is InChI=1S/C11H13NO4/c1-3-4-9(13)8-5-6-10(14)11(7(8)2)12(15)16/h5-6,14H,3-4H2,1-2H3. The minimum absolute atomic E-state index is 0.136. The van der Waals surface area contributed by atoms with Gasteiger partial charge in [-0.25, -0.2) is 0 Å². The van der Waals surface area contributed by atoms with Crippen molar-refractivity contribution in [3.05, 3.63) is 33.4 Å². The van der Waals surface area contributed by atoms with E-state index in [1.54, 1.807) is 0 Å². The Morgan fingerprint density at radius 2 is 2.12 bits per heavy atom. The zero-order valence-corrected chi connectivity index (χ0v) is 9.19. The molecule has 0 atom stereocenters. The lowest BCUT2D eigenvalue weighted by Crippen LogP contribution is -2.04. The van der Waals surface area contributed by atoms with E-state index in [4.69, 9.17) is 0 Å². The summed E-state index contributed by atoms with van der Waals surface area (Å²) in [6.07, 6.45) is 1.04. The van der Waals surface area contributed by atoms with Gasteiger partial charge in [0.25, 0.3) is 0 Å². The number of nitro groups is 1. The smallest absolute Gasteiger partial charge is 0.314 e. The van der Waals surface area contributed by atoms with Gasteiger partial charge in [0.1, 0.15) is 0 Å². The predicted octanol–water partition coefficient (Wildman–Crippen LogP) is 2.59. The minimum atomic E-state index is -0.673. The molecule has 1 N–H and O–H groups in total. The Hall–Kier alpha value is -1.91. The number of aromatic hydroxyl groups is 1. The van der Waals surface area contributed by atoms with E-state index in [9.17, 15) is 20.0 Å². The average Bonchev–Trinajstić information content (AvgIpc) is 2.17. The van der Waals surface area contributed by atoms with Crippen LogP contribution < -0.4 is 0 Å². The topological polar surface area (TPSA) is 80.4 Å². The number of carbonyl (C=O) groups is 1. The maximum absolute atomic E-state index is 11.6. The van der Waals surface area contributed by atoms with Crippen molar-refractivity contribution in [2.75, 3.05) is 0 Å². The molecule has 1 aromatic rings. The Kier molecular flexibility index (Phi) is 3.60. The fourth-order valence-electron chi connectivity index (χ4n) is 1.58. The summed E-state index contributed by atoms with van der Waals surface area (Å²) in [6, 6.07) is 2.61. The summed E-state index contributed by atoms with van der Waals surface area (Å²) < 4.78 is 0. The van der Waals surface area contributed by atoms with Crippen molar-refractivity contribution in [2.45, 2.75) is 26.7 Å². The molecule has 0 bridgehead atoms. The van der Waals surface area contributed by atoms with E-state index in [1.165, 1.54) is 19.1 Å². The first-order valence-electron chi connectivity index (χ1n) is 4.99. The Balaban J connectivity index is 3.29. The molecule has 0 saturated heterocycles. The maximum atomic E-state index is 11.6. The summed E-state index contributed by atoms with van der Waals surface area (Å²) in [6.45, 7) is 3.34. The average molecular weight is 223 g/mol. The molecule has 1 aromatic carbocycles. The number of nitro benzene ring substituents is 1. The van der Waals surface area contributed by atoms with Crippen LogP contribution in [0.5, 0.6) is 5.75 Å². The van der Waals surface area contributed by atoms with Gasteiger partial charge in [0, 0.05) is 17.5 Å². The number of carbonyl (C=O) groups excluding carboxylic acids is 1. The van der Waals surface area contributed by atoms with E-state index in [1.807, 2.05) is 6.92 Å². The lowest BCUT2D eigenvalue weighted by Gasteiger charge is -2.05. The highest BCUT2D eigenvalue weighted by atomic mass is 16.6. The molecule has 0 saturated carbocycles. The van der Waals surface area contributed by atoms with Gasteiger partial charge in [-0.2, -0.15) is 0 Å². The second-order valence-corrected chi connectivity index (χ2v) is 3.54. The number of benzene rings is 1. The van der Waals surface area contributed by atoms with Crippen molar-refractivity contribution in [1.29, 1.82) is 0 Å². The van der Waals surface area contributed by atoms with Crippen LogP contribution >= 0.6 is 0 Å². The molecule has 0 amide bonds. The Morgan fingerprint density at radius 1 is 1.50 bits per heavy atom. The van der Waals surface area contributed by atoms with Gasteiger partial charge in [-0.1, -0.05) is 6.92 Å². The van der Waals surface area contributed by atoms with Gasteiger partial charge in [-0.3, -0.25) is 14.9 Å². The molecule has 16 heavy (non-hydrogen) atoms. The molecule has 5 heteroatoms. The summed E-state index contributed by atoms with van der Waals surface area (Å²) in [5, 5.41) is 20.1. The van der Waals surface area contributed by atoms with Gasteiger partial charge in [-0.15, -0.1) is 0 Å². The summed E-state index contributed by atoms with van der Waals surface area (Å²) in [4.78, 5) is 21.7. The number of phenolic OH excluding ortho intramolecular Hbond substituents is 1. The Morgan fingerprint density at radius 3 is 2.62 bits per heavy atom. The van der Waals surface area contributed by atoms with Crippen LogP contribution in [-0.2, 0) is 0 Å². The summed E-state index contributed by atoms with van der Waals surface area (Å²) in [5.74, 6) is -0.543. The first-order valence-corrected chi connectivity index (χ1v) is 4.99. The normalized spacial score (nSPS) is 10.1. The molecule has 0 heterocycles. The van der Waals surface area contributed by atoms with Crippen LogP contribution in [0.15, 0.2) is 12.1 Å². The van der Waals surface area contributed by atoms with Gasteiger partial charge >= 0.3 is 5.69 Å². The van der Waals surface area contributed by atoms with E-state index >= 15 is 0 Å². The molecule has 0 unspecified atom stereocenters. The van der Waals surface area contributed by atoms with Gasteiger partial charge in [0.05, 0.1) is 4.92 Å². The van der Waals surface area contributed by atoms with Crippen LogP contribution in [-0.4, -0.2) is 15.8 Å². The van der Waals surface area contributed by atoms with E-state index in [0.717, 1.165) is 0 Å². The molecule has 1 rings (SSSR count). The van der Waals surface area contributed by atoms with E-state index in [-0.39, 0.29) is 17.0 Å². The zero-order valence-electron chi connectivity index (χ0n) is 9.19. The highest BCUT2D eigenvalue weighted by Crippen LogP contribution is 2.32. The number of hydrogen-bond donors (Lipinski definition) is 1. The van der Waals surface area contributed by atoms with E-state index in [2.05, 4.69) is 0 Å². The van der Waals surface area contributed by atoms with Crippen LogP contribution in [0.1, 0.15) is 35.7 Å². The molecular weight excluding hydrogens is 210 g/mol. The van der Waals surface area contributed by atoms with Crippen LogP contribution in [0.25, 0.3) is 0 Å². The van der Waals surface area contributed by atoms with Crippen LogP contribution in [0.4, 0.5) is 5.69 Å². The maximum Gasteiger partial charge on any atom is 0.314 e. The molecular formula is C11H13NO4. The van der Waals surface area contributed by atoms with Crippen molar-refractivity contribution >= 4 is 11.5 Å². The molecule has 0 aliphatic heterocycles. The first kappa shape index (κ1) is 12.2. The number of rotatable bonds is 4. The van der Waals surface area contributed by atoms with Crippen molar-refractivity contribution in [1.82, 2.24) is 0 Å². The third-order valence-electron chi connectivity index (χ3n) is 2.37. The van der Waals surface area contributed by atoms with Crippen molar-refractivity contribution in [3.63, 3.8) is 0 Å². The van der Waals surface area contributed by atoms with E-state index in [0.29, 0.717) is 18.4 Å². The molecule has 5 nitrogen and oxygen atoms in total. The summed E-state index contributed by atoms with van der Waals surface area (Å²) in [7, 11) is 0. The second-order valence-electron chi connectivity index (χ2n) is 3.54. The number of hydrogen-bond acceptors (Lipinski definition) is 4. The second kappa shape index (κ2) is 4.74. The lowest BCUT2D eigenvalue weighted by molar-refractivity contribution is -0.386. The largest absolute Gasteiger partial charge is 0.502 e. The molecule has 0 aliphatic rings. The molecule has 86 valence electrons. The Bertz CT molecular complexity index is 440. The van der Waals surface area contributed by atoms with Crippen molar-refractivity contribution in [3.8, 4) is 5.75 Å². The van der Waals surface area contributed by atoms with Crippen LogP contribution in [0.3, 0.4) is 0 Å². The molecule has 0 fully saturated rings. The first-order chi connectivity index (χ1) is 7.49. The third-order valence-corrected chi connectivity index (χ3v) is 2.37. The molecule has 0 spiro atoms. The predicted molar refractivity (Wildman–Crippen MR) is 58.7 cm³/mol. The molecule has 0 radical (unpaired) electrons. The van der Waals surface area contributed by atoms with Gasteiger partial charge in [0.2, 0.25) is 0 Å². The van der Waals surface area contributed by atoms with E-state index < -0.39 is 10.7 Å². The highest BCUT2D eigenvalue weighted by molar-refractivity contribution is 5.98. The third kappa shape index (κ3) is 2.18. The van der Waals surface area contributed by atoms with Gasteiger partial charge in [-0.05, 0) is 25.5 Å². The molecule has 0 aliphatic carbocycles. The lowest BCUT2D eigenvalue weighted by atomic mass is 10.00. The van der Waals surface area contributed by atoms with Crippen molar-refractivity contribution in [2.24, 2.45) is 0 Å². The highest BCUT2D eigenvalue weighted by Gasteiger charge is 2.22. The van der Waals surface area contributed by atoms with Crippen LogP contribution in [0, 0.1) is 17.0 Å². The van der Waals surface area contributed by atoms with Crippen LogP contribution in [0.2, 0.25) is 0 Å². The number of ketones is 1. The number of phenols is 1. The van der Waals surface area contributed by atoms with Gasteiger partial charge < -0.3 is 5.11 Å². The summed E-state index contributed by atoms with van der Waals surface area (Å²) in [5.41, 5.74) is 0.150. The zero-order chi connectivity index (χ0) is 12.3. The fourth-order valence-corrected chi connectivity index (χ4v) is 1.58. The quantitative estimate of drug-likeness (QED) is 0.483. The minimum Gasteiger partial charge on any atom is -0.502 e. The van der Waals surface area contributed by atoms with Crippen molar-refractivity contribution < 1.29 is 14.8 Å². The Labute approximate surface area is 92.9 Å². The summed E-state index contributed by atoms with van der Waals surface area (Å²) >= 11 is 0. The van der Waals surface area contributed by atoms with Gasteiger partial charge in [0.15, 0.2) is 11.5 Å². The SMILES string of the molecule is CCCC(=O)c1ccc(O)c([N+](=O)[O-])c1C. The monoisotopic (exact) mass is 223 g/mol. The number of Topliss-reactive ketones (excluding diaryl/α,β-unsaturated/α-hetero) is 1.